The van der Waals surface area contributed by atoms with Crippen molar-refractivity contribution >= 4 is 5.91 Å². The number of hydrogen-bond donors (Lipinski definition) is 2. The van der Waals surface area contributed by atoms with Crippen LogP contribution in [0.5, 0.6) is 0 Å². The van der Waals surface area contributed by atoms with E-state index in [2.05, 4.69) is 19.2 Å². The van der Waals surface area contributed by atoms with E-state index in [1.54, 1.807) is 0 Å². The minimum atomic E-state index is 0.0566. The van der Waals surface area contributed by atoms with E-state index in [-0.39, 0.29) is 11.4 Å². The van der Waals surface area contributed by atoms with Crippen molar-refractivity contribution in [3.63, 3.8) is 0 Å². The normalized spacial score (nSPS) is 19.3. The molecule has 0 aromatic heterocycles. The van der Waals surface area contributed by atoms with Gasteiger partial charge in [0.1, 0.15) is 0 Å². The molecule has 0 bridgehead atoms. The third-order valence-electron chi connectivity index (χ3n) is 3.62. The quantitative estimate of drug-likeness (QED) is 0.701. The van der Waals surface area contributed by atoms with Gasteiger partial charge in [-0.15, -0.1) is 0 Å². The molecule has 0 unspecified atom stereocenters. The van der Waals surface area contributed by atoms with Crippen molar-refractivity contribution in [1.29, 1.82) is 0 Å². The Bertz CT molecular complexity index is 232. The average Bonchev–Trinajstić information content (AvgIpc) is 2.24. The average molecular weight is 240 g/mol. The molecule has 0 saturated heterocycles. The SMILES string of the molecule is CC(C)CC(=O)NCCCC1(N)CCCCC1. The van der Waals surface area contributed by atoms with E-state index in [4.69, 9.17) is 5.73 Å². The fourth-order valence-electron chi connectivity index (χ4n) is 2.62. The van der Waals surface area contributed by atoms with E-state index in [0.717, 1.165) is 32.2 Å². The summed E-state index contributed by atoms with van der Waals surface area (Å²) >= 11 is 0. The van der Waals surface area contributed by atoms with Gasteiger partial charge in [0.25, 0.3) is 0 Å². The lowest BCUT2D eigenvalue weighted by molar-refractivity contribution is -0.121. The molecule has 3 nitrogen and oxygen atoms in total. The zero-order valence-electron chi connectivity index (χ0n) is 11.4. The number of carbonyl (C=O) groups is 1. The van der Waals surface area contributed by atoms with Gasteiger partial charge in [-0.25, -0.2) is 0 Å². The molecule has 17 heavy (non-hydrogen) atoms. The topological polar surface area (TPSA) is 55.1 Å². The van der Waals surface area contributed by atoms with Crippen LogP contribution in [-0.2, 0) is 4.79 Å². The van der Waals surface area contributed by atoms with Crippen LogP contribution in [0.2, 0.25) is 0 Å². The summed E-state index contributed by atoms with van der Waals surface area (Å²) in [7, 11) is 0. The van der Waals surface area contributed by atoms with Crippen molar-refractivity contribution in [2.75, 3.05) is 6.54 Å². The maximum atomic E-state index is 11.4. The van der Waals surface area contributed by atoms with Gasteiger partial charge in [-0.1, -0.05) is 33.1 Å². The Balaban J connectivity index is 2.09. The first-order valence-electron chi connectivity index (χ1n) is 7.07. The summed E-state index contributed by atoms with van der Waals surface area (Å²) in [5.74, 6) is 0.615. The van der Waals surface area contributed by atoms with Crippen LogP contribution in [0, 0.1) is 5.92 Å². The summed E-state index contributed by atoms with van der Waals surface area (Å²) in [6.45, 7) is 4.91. The van der Waals surface area contributed by atoms with Crippen molar-refractivity contribution < 1.29 is 4.79 Å². The number of rotatable bonds is 6. The molecule has 1 rings (SSSR count). The van der Waals surface area contributed by atoms with Crippen LogP contribution in [0.3, 0.4) is 0 Å². The standard InChI is InChI=1S/C14H28N2O/c1-12(2)11-13(17)16-10-6-9-14(15)7-4-3-5-8-14/h12H,3-11,15H2,1-2H3,(H,16,17). The summed E-state index contributed by atoms with van der Waals surface area (Å²) in [6.07, 6.45) is 8.90. The van der Waals surface area contributed by atoms with Gasteiger partial charge in [0.15, 0.2) is 0 Å². The number of nitrogens with two attached hydrogens (primary N) is 1. The highest BCUT2D eigenvalue weighted by atomic mass is 16.1. The van der Waals surface area contributed by atoms with Gasteiger partial charge in [-0.05, 0) is 31.6 Å². The Morgan fingerprint density at radius 1 is 1.29 bits per heavy atom. The Morgan fingerprint density at radius 2 is 1.94 bits per heavy atom. The Kier molecular flexibility index (Phi) is 5.96. The van der Waals surface area contributed by atoms with Gasteiger partial charge < -0.3 is 11.1 Å². The van der Waals surface area contributed by atoms with Crippen molar-refractivity contribution in [3.8, 4) is 0 Å². The highest BCUT2D eigenvalue weighted by Gasteiger charge is 2.26. The van der Waals surface area contributed by atoms with E-state index < -0.39 is 0 Å². The van der Waals surface area contributed by atoms with Gasteiger partial charge in [0, 0.05) is 18.5 Å². The van der Waals surface area contributed by atoms with Crippen molar-refractivity contribution in [3.05, 3.63) is 0 Å². The zero-order chi connectivity index (χ0) is 12.7. The minimum Gasteiger partial charge on any atom is -0.356 e. The van der Waals surface area contributed by atoms with E-state index in [1.165, 1.54) is 19.3 Å². The molecule has 0 aromatic carbocycles. The first-order chi connectivity index (χ1) is 8.02. The van der Waals surface area contributed by atoms with Crippen LogP contribution in [-0.4, -0.2) is 18.0 Å². The van der Waals surface area contributed by atoms with Crippen LogP contribution in [0.1, 0.15) is 65.2 Å². The fourth-order valence-corrected chi connectivity index (χ4v) is 2.62. The molecule has 0 spiro atoms. The van der Waals surface area contributed by atoms with Crippen LogP contribution in [0.25, 0.3) is 0 Å². The second kappa shape index (κ2) is 7.00. The van der Waals surface area contributed by atoms with Crippen molar-refractivity contribution in [2.45, 2.75) is 70.8 Å². The molecule has 100 valence electrons. The lowest BCUT2D eigenvalue weighted by Crippen LogP contribution is -2.42. The predicted octanol–water partition coefficient (Wildman–Crippen LogP) is 2.59. The molecular weight excluding hydrogens is 212 g/mol. The molecular formula is C14H28N2O. The molecule has 1 fully saturated rings. The van der Waals surface area contributed by atoms with Crippen LogP contribution in [0.4, 0.5) is 0 Å². The number of hydrogen-bond acceptors (Lipinski definition) is 2. The van der Waals surface area contributed by atoms with Crippen LogP contribution in [0.15, 0.2) is 0 Å². The van der Waals surface area contributed by atoms with E-state index in [0.29, 0.717) is 12.3 Å². The zero-order valence-corrected chi connectivity index (χ0v) is 11.4. The summed E-state index contributed by atoms with van der Waals surface area (Å²) in [4.78, 5) is 11.4. The summed E-state index contributed by atoms with van der Waals surface area (Å²) < 4.78 is 0. The van der Waals surface area contributed by atoms with Crippen LogP contribution < -0.4 is 11.1 Å². The van der Waals surface area contributed by atoms with Crippen molar-refractivity contribution in [2.24, 2.45) is 11.7 Å². The van der Waals surface area contributed by atoms with E-state index in [9.17, 15) is 4.79 Å². The monoisotopic (exact) mass is 240 g/mol. The predicted molar refractivity (Wildman–Crippen MR) is 71.7 cm³/mol. The molecule has 1 amide bonds. The first-order valence-corrected chi connectivity index (χ1v) is 7.07. The minimum absolute atomic E-state index is 0.0566. The molecule has 0 radical (unpaired) electrons. The lowest BCUT2D eigenvalue weighted by Gasteiger charge is -2.33. The fraction of sp³-hybridized carbons (Fsp3) is 0.929. The maximum absolute atomic E-state index is 11.4. The summed E-state index contributed by atoms with van der Waals surface area (Å²) in [5.41, 5.74) is 6.40. The van der Waals surface area contributed by atoms with Gasteiger partial charge in [-0.3, -0.25) is 4.79 Å². The van der Waals surface area contributed by atoms with E-state index >= 15 is 0 Å². The third kappa shape index (κ3) is 6.06. The Morgan fingerprint density at radius 3 is 2.53 bits per heavy atom. The van der Waals surface area contributed by atoms with Gasteiger partial charge >= 0.3 is 0 Å². The molecule has 0 heterocycles. The molecule has 0 aromatic rings. The molecule has 3 heteroatoms. The summed E-state index contributed by atoms with van der Waals surface area (Å²) in [6, 6.07) is 0. The number of nitrogens with one attached hydrogen (secondary N) is 1. The van der Waals surface area contributed by atoms with Gasteiger partial charge in [0.2, 0.25) is 5.91 Å². The third-order valence-corrected chi connectivity index (χ3v) is 3.62. The van der Waals surface area contributed by atoms with Gasteiger partial charge in [0.05, 0.1) is 0 Å². The summed E-state index contributed by atoms with van der Waals surface area (Å²) in [5, 5.41) is 2.98. The molecule has 1 saturated carbocycles. The lowest BCUT2D eigenvalue weighted by atomic mass is 9.79. The van der Waals surface area contributed by atoms with Gasteiger partial charge in [-0.2, -0.15) is 0 Å². The largest absolute Gasteiger partial charge is 0.356 e. The molecule has 0 aliphatic heterocycles. The van der Waals surface area contributed by atoms with Crippen molar-refractivity contribution in [1.82, 2.24) is 5.32 Å². The van der Waals surface area contributed by atoms with E-state index in [1.807, 2.05) is 0 Å². The highest BCUT2D eigenvalue weighted by molar-refractivity contribution is 5.75. The molecule has 3 N–H and O–H groups in total. The Labute approximate surface area is 106 Å². The Hall–Kier alpha value is -0.570. The second-order valence-corrected chi connectivity index (χ2v) is 5.97. The highest BCUT2D eigenvalue weighted by Crippen LogP contribution is 2.29. The maximum Gasteiger partial charge on any atom is 0.220 e. The molecule has 1 aliphatic carbocycles. The molecule has 1 aliphatic rings. The number of carbonyl (C=O) groups excluding carboxylic acids is 1. The number of amides is 1. The first kappa shape index (κ1) is 14.5. The van der Waals surface area contributed by atoms with Crippen LogP contribution >= 0.6 is 0 Å². The smallest absolute Gasteiger partial charge is 0.220 e. The second-order valence-electron chi connectivity index (χ2n) is 5.97. The molecule has 0 atom stereocenters.